The minimum Gasteiger partial charge on any atom is -0.392 e. The van der Waals surface area contributed by atoms with Crippen LogP contribution < -0.4 is 4.90 Å². The number of fused-ring (bicyclic) bond motifs is 1. The van der Waals surface area contributed by atoms with Crippen molar-refractivity contribution in [1.29, 1.82) is 0 Å². The van der Waals surface area contributed by atoms with E-state index in [1.54, 1.807) is 6.07 Å². The van der Waals surface area contributed by atoms with Crippen LogP contribution in [0, 0.1) is 5.82 Å². The maximum atomic E-state index is 14.0. The second kappa shape index (κ2) is 7.08. The highest BCUT2D eigenvalue weighted by Crippen LogP contribution is 2.31. The van der Waals surface area contributed by atoms with Crippen LogP contribution in [0.2, 0.25) is 0 Å². The van der Waals surface area contributed by atoms with E-state index in [-0.39, 0.29) is 11.9 Å². The van der Waals surface area contributed by atoms with E-state index in [2.05, 4.69) is 16.7 Å². The van der Waals surface area contributed by atoms with Crippen molar-refractivity contribution < 1.29 is 14.6 Å². The Kier molecular flexibility index (Phi) is 4.94. The van der Waals surface area contributed by atoms with E-state index in [1.165, 1.54) is 6.07 Å². The molecule has 0 spiro atoms. The molecule has 3 aliphatic heterocycles. The highest BCUT2D eigenvalue weighted by Gasteiger charge is 2.42. The Labute approximate surface area is 155 Å². The number of aliphatic hydroxyl groups excluding tert-OH is 1. The molecular formula is C20H30FN3O2. The van der Waals surface area contributed by atoms with Crippen LogP contribution in [0.15, 0.2) is 24.3 Å². The molecule has 3 heterocycles. The zero-order valence-corrected chi connectivity index (χ0v) is 15.5. The molecule has 26 heavy (non-hydrogen) atoms. The molecule has 144 valence electrons. The van der Waals surface area contributed by atoms with Crippen molar-refractivity contribution in [2.24, 2.45) is 0 Å². The topological polar surface area (TPSA) is 50.2 Å². The maximum absolute atomic E-state index is 14.0. The second-order valence-corrected chi connectivity index (χ2v) is 8.44. The maximum Gasteiger partial charge on any atom is 0.146 e. The first-order valence-corrected chi connectivity index (χ1v) is 9.81. The van der Waals surface area contributed by atoms with Crippen molar-refractivity contribution in [3.63, 3.8) is 0 Å². The van der Waals surface area contributed by atoms with Crippen LogP contribution in [-0.2, 0) is 0 Å². The Balaban J connectivity index is 1.36. The summed E-state index contributed by atoms with van der Waals surface area (Å²) in [7, 11) is 0. The van der Waals surface area contributed by atoms with Crippen LogP contribution in [0.5, 0.6) is 0 Å². The molecular weight excluding hydrogens is 333 g/mol. The van der Waals surface area contributed by atoms with Gasteiger partial charge in [0.25, 0.3) is 0 Å². The van der Waals surface area contributed by atoms with Gasteiger partial charge in [0.1, 0.15) is 5.82 Å². The quantitative estimate of drug-likeness (QED) is 0.848. The van der Waals surface area contributed by atoms with Gasteiger partial charge in [-0.3, -0.25) is 9.80 Å². The van der Waals surface area contributed by atoms with E-state index in [4.69, 9.17) is 0 Å². The standard InChI is InChI=1S/C20H30FN3O2/c1-15-11-23-13-17(25)10-16(23)12-24(15)14-20(26)6-8-22(9-7-20)19-5-3-2-4-18(19)21/h2-5,15-17,25-26H,6-14H2,1H3/t15-,16+,17+/m0/s1. The van der Waals surface area contributed by atoms with Gasteiger partial charge in [-0.1, -0.05) is 12.1 Å². The Morgan fingerprint density at radius 3 is 2.62 bits per heavy atom. The van der Waals surface area contributed by atoms with Crippen LogP contribution >= 0.6 is 0 Å². The molecule has 1 aromatic rings. The number of piperidine rings is 1. The predicted octanol–water partition coefficient (Wildman–Crippen LogP) is 1.30. The zero-order valence-electron chi connectivity index (χ0n) is 15.5. The van der Waals surface area contributed by atoms with E-state index in [1.807, 2.05) is 17.0 Å². The third kappa shape index (κ3) is 3.60. The molecule has 0 aliphatic carbocycles. The normalized spacial score (nSPS) is 32.6. The summed E-state index contributed by atoms with van der Waals surface area (Å²) < 4.78 is 14.0. The SMILES string of the molecule is C[C@H]1CN2C[C@H](O)C[C@@H]2CN1CC1(O)CCN(c2ccccc2F)CC1. The molecule has 2 N–H and O–H groups in total. The predicted molar refractivity (Wildman–Crippen MR) is 99.8 cm³/mol. The number of benzene rings is 1. The van der Waals surface area contributed by atoms with Gasteiger partial charge in [0, 0.05) is 51.4 Å². The summed E-state index contributed by atoms with van der Waals surface area (Å²) >= 11 is 0. The largest absolute Gasteiger partial charge is 0.392 e. The summed E-state index contributed by atoms with van der Waals surface area (Å²) in [5.41, 5.74) is -0.0773. The van der Waals surface area contributed by atoms with Crippen LogP contribution in [0.3, 0.4) is 0 Å². The molecule has 5 nitrogen and oxygen atoms in total. The average molecular weight is 363 g/mol. The van der Waals surface area contributed by atoms with Crippen LogP contribution in [0.25, 0.3) is 0 Å². The molecule has 0 radical (unpaired) electrons. The number of halogens is 1. The smallest absolute Gasteiger partial charge is 0.146 e. The zero-order chi connectivity index (χ0) is 18.3. The molecule has 4 rings (SSSR count). The molecule has 0 bridgehead atoms. The molecule has 3 aliphatic rings. The van der Waals surface area contributed by atoms with Crippen molar-refractivity contribution >= 4 is 5.69 Å². The number of nitrogens with zero attached hydrogens (tertiary/aromatic N) is 3. The summed E-state index contributed by atoms with van der Waals surface area (Å²) in [4.78, 5) is 6.81. The summed E-state index contributed by atoms with van der Waals surface area (Å²) in [6, 6.07) is 7.66. The third-order valence-corrected chi connectivity index (χ3v) is 6.46. The van der Waals surface area contributed by atoms with Crippen molar-refractivity contribution in [2.75, 3.05) is 44.2 Å². The first-order valence-electron chi connectivity index (χ1n) is 9.81. The van der Waals surface area contributed by atoms with Gasteiger partial charge in [-0.2, -0.15) is 0 Å². The Hall–Kier alpha value is -1.21. The first-order chi connectivity index (χ1) is 12.4. The lowest BCUT2D eigenvalue weighted by Crippen LogP contribution is -2.60. The highest BCUT2D eigenvalue weighted by atomic mass is 19.1. The molecule has 3 fully saturated rings. The molecule has 0 aromatic heterocycles. The lowest BCUT2D eigenvalue weighted by Gasteiger charge is -2.47. The van der Waals surface area contributed by atoms with E-state index in [9.17, 15) is 14.6 Å². The highest BCUT2D eigenvalue weighted by molar-refractivity contribution is 5.48. The van der Waals surface area contributed by atoms with E-state index in [0.29, 0.717) is 50.2 Å². The fourth-order valence-electron chi connectivity index (χ4n) is 4.91. The lowest BCUT2D eigenvalue weighted by atomic mass is 9.89. The van der Waals surface area contributed by atoms with Crippen molar-refractivity contribution in [3.05, 3.63) is 30.1 Å². The molecule has 0 amide bonds. The van der Waals surface area contributed by atoms with E-state index < -0.39 is 5.60 Å². The molecule has 6 heteroatoms. The van der Waals surface area contributed by atoms with Gasteiger partial charge in [0.15, 0.2) is 0 Å². The van der Waals surface area contributed by atoms with Gasteiger partial charge < -0.3 is 15.1 Å². The lowest BCUT2D eigenvalue weighted by molar-refractivity contribution is -0.0472. The van der Waals surface area contributed by atoms with Crippen LogP contribution in [0.4, 0.5) is 10.1 Å². The average Bonchev–Trinajstić information content (AvgIpc) is 2.95. The minimum atomic E-state index is -0.713. The van der Waals surface area contributed by atoms with Crippen molar-refractivity contribution in [1.82, 2.24) is 9.80 Å². The van der Waals surface area contributed by atoms with Gasteiger partial charge in [-0.05, 0) is 38.3 Å². The molecule has 3 saturated heterocycles. The number of aliphatic hydroxyl groups is 2. The summed E-state index contributed by atoms with van der Waals surface area (Å²) in [6.07, 6.45) is 1.94. The number of hydrogen-bond acceptors (Lipinski definition) is 5. The number of hydrogen-bond donors (Lipinski definition) is 2. The first kappa shape index (κ1) is 18.2. The molecule has 0 unspecified atom stereocenters. The fourth-order valence-corrected chi connectivity index (χ4v) is 4.91. The number of anilines is 1. The fraction of sp³-hybridized carbons (Fsp3) is 0.700. The number of rotatable bonds is 3. The van der Waals surface area contributed by atoms with Gasteiger partial charge >= 0.3 is 0 Å². The Bertz CT molecular complexity index is 635. The summed E-state index contributed by atoms with van der Waals surface area (Å²) in [6.45, 7) is 6.88. The van der Waals surface area contributed by atoms with Gasteiger partial charge in [0.05, 0.1) is 17.4 Å². The number of β-amino-alcohol motifs (C(OH)–C–C–N with tert-alkyl or cyclic N) is 1. The van der Waals surface area contributed by atoms with Crippen LogP contribution in [-0.4, -0.2) is 83.1 Å². The second-order valence-electron chi connectivity index (χ2n) is 8.44. The van der Waals surface area contributed by atoms with Crippen molar-refractivity contribution in [2.45, 2.75) is 50.0 Å². The van der Waals surface area contributed by atoms with E-state index >= 15 is 0 Å². The number of piperazine rings is 1. The molecule has 0 saturated carbocycles. The third-order valence-electron chi connectivity index (χ3n) is 6.46. The van der Waals surface area contributed by atoms with Gasteiger partial charge in [0.2, 0.25) is 0 Å². The molecule has 3 atom stereocenters. The summed E-state index contributed by atoms with van der Waals surface area (Å²) in [5.74, 6) is -0.192. The monoisotopic (exact) mass is 363 g/mol. The van der Waals surface area contributed by atoms with Gasteiger partial charge in [-0.25, -0.2) is 4.39 Å². The number of para-hydroxylation sites is 1. The Morgan fingerprint density at radius 2 is 1.88 bits per heavy atom. The van der Waals surface area contributed by atoms with E-state index in [0.717, 1.165) is 26.1 Å². The van der Waals surface area contributed by atoms with Crippen molar-refractivity contribution in [3.8, 4) is 0 Å². The summed E-state index contributed by atoms with van der Waals surface area (Å²) in [5, 5.41) is 21.1. The van der Waals surface area contributed by atoms with Crippen LogP contribution in [0.1, 0.15) is 26.2 Å². The minimum absolute atomic E-state index is 0.192. The molecule has 1 aromatic carbocycles. The van der Waals surface area contributed by atoms with Gasteiger partial charge in [-0.15, -0.1) is 0 Å². The Morgan fingerprint density at radius 1 is 1.15 bits per heavy atom.